The summed E-state index contributed by atoms with van der Waals surface area (Å²) in [5, 5.41) is 0.683. The van der Waals surface area contributed by atoms with Gasteiger partial charge < -0.3 is 14.5 Å². The maximum Gasteiger partial charge on any atom is 0.410 e. The number of likely N-dealkylation sites (tertiary alicyclic amines) is 1. The first-order valence-electron chi connectivity index (χ1n) is 9.96. The molecule has 1 amide bonds. The fourth-order valence-electron chi connectivity index (χ4n) is 4.15. The Labute approximate surface area is 177 Å². The molecule has 2 aliphatic rings. The van der Waals surface area contributed by atoms with Crippen molar-refractivity contribution in [3.05, 3.63) is 17.3 Å². The average molecular weight is 443 g/mol. The topological polar surface area (TPSA) is 58.6 Å². The Hall–Kier alpha value is -2.10. The lowest BCUT2D eigenvalue weighted by Crippen LogP contribution is -2.61. The van der Waals surface area contributed by atoms with Gasteiger partial charge in [-0.05, 0) is 39.7 Å². The van der Waals surface area contributed by atoms with E-state index in [1.807, 2.05) is 20.8 Å². The summed E-state index contributed by atoms with van der Waals surface area (Å²) in [6.07, 6.45) is -2.29. The largest absolute Gasteiger partial charge is 0.444 e. The van der Waals surface area contributed by atoms with E-state index in [1.54, 1.807) is 11.0 Å². The van der Waals surface area contributed by atoms with Gasteiger partial charge in [0.05, 0.1) is 11.8 Å². The van der Waals surface area contributed by atoms with Crippen molar-refractivity contribution in [1.29, 1.82) is 0 Å². The Bertz CT molecular complexity index is 938. The van der Waals surface area contributed by atoms with E-state index in [9.17, 15) is 18.0 Å². The summed E-state index contributed by atoms with van der Waals surface area (Å²) in [5.74, 6) is 0.699. The molecule has 1 spiro atoms. The van der Waals surface area contributed by atoms with Crippen molar-refractivity contribution in [2.45, 2.75) is 51.8 Å². The Kier molecular flexibility index (Phi) is 5.11. The van der Waals surface area contributed by atoms with E-state index in [0.717, 1.165) is 37.3 Å². The van der Waals surface area contributed by atoms with E-state index in [4.69, 9.17) is 4.74 Å². The first-order chi connectivity index (χ1) is 13.9. The van der Waals surface area contributed by atoms with Crippen LogP contribution in [0, 0.1) is 5.41 Å². The van der Waals surface area contributed by atoms with E-state index in [2.05, 4.69) is 14.9 Å². The third kappa shape index (κ3) is 4.48. The number of hydrogen-bond acceptors (Lipinski definition) is 6. The molecule has 6 nitrogen and oxygen atoms in total. The van der Waals surface area contributed by atoms with Crippen molar-refractivity contribution >= 4 is 33.5 Å². The van der Waals surface area contributed by atoms with Crippen LogP contribution in [0.25, 0.3) is 10.2 Å². The van der Waals surface area contributed by atoms with E-state index in [1.165, 1.54) is 6.33 Å². The van der Waals surface area contributed by atoms with Gasteiger partial charge >= 0.3 is 12.3 Å². The third-order valence-electron chi connectivity index (χ3n) is 5.56. The minimum absolute atomic E-state index is 0.112. The van der Waals surface area contributed by atoms with Crippen molar-refractivity contribution in [3.63, 3.8) is 0 Å². The van der Waals surface area contributed by atoms with Gasteiger partial charge in [0.2, 0.25) is 0 Å². The molecular formula is C20H25F3N4O2S. The second-order valence-corrected chi connectivity index (χ2v) is 10.4. The molecular weight excluding hydrogens is 417 g/mol. The van der Waals surface area contributed by atoms with Crippen molar-refractivity contribution in [1.82, 2.24) is 14.9 Å². The van der Waals surface area contributed by atoms with Crippen LogP contribution in [0.2, 0.25) is 0 Å². The first kappa shape index (κ1) is 21.1. The molecule has 0 N–H and O–H groups in total. The highest BCUT2D eigenvalue weighted by molar-refractivity contribution is 7.18. The van der Waals surface area contributed by atoms with Gasteiger partial charge in [0, 0.05) is 36.5 Å². The molecule has 2 aromatic heterocycles. The maximum absolute atomic E-state index is 12.7. The van der Waals surface area contributed by atoms with Crippen LogP contribution in [0.15, 0.2) is 12.4 Å². The van der Waals surface area contributed by atoms with Gasteiger partial charge in [-0.2, -0.15) is 13.2 Å². The number of ether oxygens (including phenoxy) is 1. The maximum atomic E-state index is 12.7. The predicted octanol–water partition coefficient (Wildman–Crippen LogP) is 4.63. The molecule has 0 bridgehead atoms. The van der Waals surface area contributed by atoms with Crippen LogP contribution in [-0.2, 0) is 11.2 Å². The zero-order valence-electron chi connectivity index (χ0n) is 17.3. The number of amides is 1. The van der Waals surface area contributed by atoms with Gasteiger partial charge in [-0.15, -0.1) is 11.3 Å². The van der Waals surface area contributed by atoms with Crippen LogP contribution < -0.4 is 4.90 Å². The molecule has 164 valence electrons. The number of aromatic nitrogens is 2. The molecule has 10 heteroatoms. The van der Waals surface area contributed by atoms with Gasteiger partial charge in [0.25, 0.3) is 0 Å². The average Bonchev–Trinajstić information content (AvgIpc) is 2.98. The SMILES string of the molecule is CC(C)(C)OC(=O)N1CCC2(CC1)CN(c1ncnc3sc(CC(F)(F)F)cc13)C2. The highest BCUT2D eigenvalue weighted by atomic mass is 32.1. The van der Waals surface area contributed by atoms with Crippen LogP contribution in [-0.4, -0.2) is 58.9 Å². The Balaban J connectivity index is 1.40. The second kappa shape index (κ2) is 7.25. The highest BCUT2D eigenvalue weighted by Gasteiger charge is 2.46. The number of nitrogens with zero attached hydrogens (tertiary/aromatic N) is 4. The molecule has 0 aliphatic carbocycles. The first-order valence-corrected chi connectivity index (χ1v) is 10.8. The minimum atomic E-state index is -4.24. The van der Waals surface area contributed by atoms with Gasteiger partial charge in [0.15, 0.2) is 0 Å². The minimum Gasteiger partial charge on any atom is -0.444 e. The number of carbonyl (C=O) groups is 1. The highest BCUT2D eigenvalue weighted by Crippen LogP contribution is 2.44. The fraction of sp³-hybridized carbons (Fsp3) is 0.650. The number of alkyl halides is 3. The van der Waals surface area contributed by atoms with Crippen molar-refractivity contribution < 1.29 is 22.7 Å². The number of thiophene rings is 1. The van der Waals surface area contributed by atoms with Crippen LogP contribution in [0.4, 0.5) is 23.8 Å². The lowest BCUT2D eigenvalue weighted by molar-refractivity contribution is -0.126. The molecule has 0 atom stereocenters. The van der Waals surface area contributed by atoms with Crippen LogP contribution in [0.3, 0.4) is 0 Å². The van der Waals surface area contributed by atoms with E-state index < -0.39 is 18.2 Å². The fourth-order valence-corrected chi connectivity index (χ4v) is 5.17. The van der Waals surface area contributed by atoms with Gasteiger partial charge in [-0.25, -0.2) is 14.8 Å². The van der Waals surface area contributed by atoms with Gasteiger partial charge in [-0.3, -0.25) is 0 Å². The number of carbonyl (C=O) groups excluding carboxylic acids is 1. The molecule has 2 saturated heterocycles. The van der Waals surface area contributed by atoms with Crippen molar-refractivity contribution in [3.8, 4) is 0 Å². The van der Waals surface area contributed by atoms with E-state index >= 15 is 0 Å². The monoisotopic (exact) mass is 442 g/mol. The quantitative estimate of drug-likeness (QED) is 0.679. The summed E-state index contributed by atoms with van der Waals surface area (Å²) >= 11 is 1.07. The summed E-state index contributed by atoms with van der Waals surface area (Å²) < 4.78 is 43.7. The van der Waals surface area contributed by atoms with E-state index in [-0.39, 0.29) is 16.4 Å². The predicted molar refractivity (Wildman–Crippen MR) is 109 cm³/mol. The summed E-state index contributed by atoms with van der Waals surface area (Å²) in [5.41, 5.74) is -0.399. The molecule has 0 unspecified atom stereocenters. The second-order valence-electron chi connectivity index (χ2n) is 9.24. The molecule has 30 heavy (non-hydrogen) atoms. The van der Waals surface area contributed by atoms with Gasteiger partial charge in [0.1, 0.15) is 22.6 Å². The summed E-state index contributed by atoms with van der Waals surface area (Å²) in [6.45, 7) is 8.43. The van der Waals surface area contributed by atoms with Crippen molar-refractivity contribution in [2.75, 3.05) is 31.1 Å². The molecule has 4 heterocycles. The molecule has 2 fully saturated rings. The Morgan fingerprint density at radius 2 is 1.87 bits per heavy atom. The lowest BCUT2D eigenvalue weighted by Gasteiger charge is -2.54. The molecule has 2 aliphatic heterocycles. The van der Waals surface area contributed by atoms with Crippen LogP contribution >= 0.6 is 11.3 Å². The Morgan fingerprint density at radius 3 is 2.47 bits per heavy atom. The van der Waals surface area contributed by atoms with Crippen LogP contribution in [0.1, 0.15) is 38.5 Å². The number of anilines is 1. The van der Waals surface area contributed by atoms with Gasteiger partial charge in [-0.1, -0.05) is 0 Å². The molecule has 2 aromatic rings. The number of fused-ring (bicyclic) bond motifs is 1. The number of piperidine rings is 1. The molecule has 4 rings (SSSR count). The summed E-state index contributed by atoms with van der Waals surface area (Å²) in [6, 6.07) is 1.57. The number of rotatable bonds is 2. The van der Waals surface area contributed by atoms with Crippen molar-refractivity contribution in [2.24, 2.45) is 5.41 Å². The van der Waals surface area contributed by atoms with Crippen LogP contribution in [0.5, 0.6) is 0 Å². The standard InChI is InChI=1S/C20H25F3N4O2S/c1-18(2,3)29-17(28)26-6-4-19(5-7-26)10-27(11-19)15-14-8-13(9-20(21,22)23)30-16(14)25-12-24-15/h8,12H,4-7,9-11H2,1-3H3. The molecule has 0 aromatic carbocycles. The molecule has 0 saturated carbocycles. The zero-order chi connectivity index (χ0) is 21.7. The summed E-state index contributed by atoms with van der Waals surface area (Å²) in [4.78, 5) is 25.5. The number of halogens is 3. The summed E-state index contributed by atoms with van der Waals surface area (Å²) in [7, 11) is 0. The number of hydrogen-bond donors (Lipinski definition) is 0. The van der Waals surface area contributed by atoms with E-state index in [0.29, 0.717) is 29.1 Å². The normalized spacial score (nSPS) is 19.3. The molecule has 0 radical (unpaired) electrons. The Morgan fingerprint density at radius 1 is 1.20 bits per heavy atom. The zero-order valence-corrected chi connectivity index (χ0v) is 18.1. The third-order valence-corrected chi connectivity index (χ3v) is 6.61. The smallest absolute Gasteiger partial charge is 0.410 e. The lowest BCUT2D eigenvalue weighted by atomic mass is 9.72.